The third-order valence-electron chi connectivity index (χ3n) is 2.94. The van der Waals surface area contributed by atoms with Crippen molar-refractivity contribution in [1.29, 1.82) is 5.26 Å². The van der Waals surface area contributed by atoms with Crippen LogP contribution in [0.5, 0.6) is 5.75 Å². The van der Waals surface area contributed by atoms with Crippen molar-refractivity contribution in [1.82, 2.24) is 0 Å². The molecule has 5 nitrogen and oxygen atoms in total. The van der Waals surface area contributed by atoms with Gasteiger partial charge in [0.05, 0.1) is 32.3 Å². The predicted octanol–water partition coefficient (Wildman–Crippen LogP) is 1.80. The van der Waals surface area contributed by atoms with Gasteiger partial charge in [0.25, 0.3) is 0 Å². The van der Waals surface area contributed by atoms with Crippen LogP contribution in [0, 0.1) is 17.2 Å². The number of hydrogen-bond donors (Lipinski definition) is 1. The van der Waals surface area contributed by atoms with Crippen LogP contribution in [-0.4, -0.2) is 25.3 Å². The molecule has 2 unspecified atom stereocenters. The van der Waals surface area contributed by atoms with Gasteiger partial charge in [0.15, 0.2) is 0 Å². The number of carbonyl (C=O) groups is 1. The van der Waals surface area contributed by atoms with E-state index >= 15 is 0 Å². The largest absolute Gasteiger partial charge is 0.495 e. The minimum atomic E-state index is -0.836. The lowest BCUT2D eigenvalue weighted by Crippen LogP contribution is -2.15. The molecular weight excluding hydrogens is 246 g/mol. The maximum absolute atomic E-state index is 11.2. The van der Waals surface area contributed by atoms with Crippen molar-refractivity contribution in [2.45, 2.75) is 19.4 Å². The Kier molecular flexibility index (Phi) is 5.34. The molecule has 0 bridgehead atoms. The number of nitriles is 1. The number of carbonyl (C=O) groups excluding carboxylic acids is 1. The molecule has 1 N–H and O–H groups in total. The van der Waals surface area contributed by atoms with Gasteiger partial charge < -0.3 is 14.6 Å². The monoisotopic (exact) mass is 263 g/mol. The lowest BCUT2D eigenvalue weighted by atomic mass is 9.93. The predicted molar refractivity (Wildman–Crippen MR) is 68.5 cm³/mol. The summed E-state index contributed by atoms with van der Waals surface area (Å²) in [6.07, 6.45) is -0.719. The number of hydrogen-bond acceptors (Lipinski definition) is 5. The Balaban J connectivity index is 2.91. The average Bonchev–Trinajstić information content (AvgIpc) is 2.45. The van der Waals surface area contributed by atoms with Crippen molar-refractivity contribution in [3.8, 4) is 11.8 Å². The maximum Gasteiger partial charge on any atom is 0.305 e. The molecule has 0 spiro atoms. The normalized spacial score (nSPS) is 13.2. The van der Waals surface area contributed by atoms with Gasteiger partial charge in [-0.05, 0) is 23.6 Å². The second kappa shape index (κ2) is 6.76. The molecule has 0 heterocycles. The van der Waals surface area contributed by atoms with Crippen LogP contribution in [0.2, 0.25) is 0 Å². The standard InChI is InChI=1S/C14H17NO4/c1-9(6-13(16)19-3)14(17)10-4-5-12(18-2)11(7-10)8-15/h4-5,7,9,14,17H,6H2,1-3H3. The quantitative estimate of drug-likeness (QED) is 0.819. The summed E-state index contributed by atoms with van der Waals surface area (Å²) >= 11 is 0. The Labute approximate surface area is 112 Å². The Hall–Kier alpha value is -2.06. The Morgan fingerprint density at radius 3 is 2.68 bits per heavy atom. The number of benzene rings is 1. The fourth-order valence-corrected chi connectivity index (χ4v) is 1.78. The number of methoxy groups -OCH3 is 2. The van der Waals surface area contributed by atoms with Crippen LogP contribution >= 0.6 is 0 Å². The molecule has 0 saturated carbocycles. The summed E-state index contributed by atoms with van der Waals surface area (Å²) in [5.74, 6) is -0.216. The molecule has 0 fully saturated rings. The number of ether oxygens (including phenoxy) is 2. The van der Waals surface area contributed by atoms with Crippen LogP contribution in [0.3, 0.4) is 0 Å². The fourth-order valence-electron chi connectivity index (χ4n) is 1.78. The maximum atomic E-state index is 11.2. The van der Waals surface area contributed by atoms with E-state index in [1.165, 1.54) is 14.2 Å². The molecule has 2 atom stereocenters. The third kappa shape index (κ3) is 3.70. The van der Waals surface area contributed by atoms with Gasteiger partial charge >= 0.3 is 5.97 Å². The summed E-state index contributed by atoms with van der Waals surface area (Å²) in [6.45, 7) is 1.75. The highest BCUT2D eigenvalue weighted by Gasteiger charge is 2.21. The summed E-state index contributed by atoms with van der Waals surface area (Å²) < 4.78 is 9.60. The first-order valence-corrected chi connectivity index (χ1v) is 5.86. The molecular formula is C14H17NO4. The highest BCUT2D eigenvalue weighted by Crippen LogP contribution is 2.28. The fraction of sp³-hybridized carbons (Fsp3) is 0.429. The zero-order valence-corrected chi connectivity index (χ0v) is 11.2. The first kappa shape index (κ1) is 15.0. The van der Waals surface area contributed by atoms with Crippen LogP contribution in [0.1, 0.15) is 30.6 Å². The molecule has 0 aromatic heterocycles. The van der Waals surface area contributed by atoms with Crippen LogP contribution in [-0.2, 0) is 9.53 Å². The topological polar surface area (TPSA) is 79.6 Å². The van der Waals surface area contributed by atoms with Crippen molar-refractivity contribution in [3.05, 3.63) is 29.3 Å². The van der Waals surface area contributed by atoms with Crippen molar-refractivity contribution < 1.29 is 19.4 Å². The van der Waals surface area contributed by atoms with Crippen molar-refractivity contribution >= 4 is 5.97 Å². The Bertz CT molecular complexity index is 493. The van der Waals surface area contributed by atoms with Gasteiger partial charge in [0, 0.05) is 0 Å². The number of aliphatic hydroxyl groups is 1. The molecule has 0 aliphatic heterocycles. The highest BCUT2D eigenvalue weighted by atomic mass is 16.5. The molecule has 0 radical (unpaired) electrons. The Morgan fingerprint density at radius 2 is 2.16 bits per heavy atom. The number of rotatable bonds is 5. The van der Waals surface area contributed by atoms with E-state index in [2.05, 4.69) is 4.74 Å². The summed E-state index contributed by atoms with van der Waals surface area (Å²) in [7, 11) is 2.79. The van der Waals surface area contributed by atoms with Gasteiger partial charge in [-0.25, -0.2) is 0 Å². The van der Waals surface area contributed by atoms with E-state index in [4.69, 9.17) is 10.00 Å². The smallest absolute Gasteiger partial charge is 0.305 e. The van der Waals surface area contributed by atoms with Crippen molar-refractivity contribution in [2.24, 2.45) is 5.92 Å². The van der Waals surface area contributed by atoms with Gasteiger partial charge in [-0.3, -0.25) is 4.79 Å². The SMILES string of the molecule is COC(=O)CC(C)C(O)c1ccc(OC)c(C#N)c1. The van der Waals surface area contributed by atoms with Crippen LogP contribution in [0.25, 0.3) is 0 Å². The summed E-state index contributed by atoms with van der Waals surface area (Å²) in [5, 5.41) is 19.2. The molecule has 102 valence electrons. The van der Waals surface area contributed by atoms with Gasteiger partial charge in [0.1, 0.15) is 11.8 Å². The average molecular weight is 263 g/mol. The Morgan fingerprint density at radius 1 is 1.47 bits per heavy atom. The second-order valence-corrected chi connectivity index (χ2v) is 4.27. The van der Waals surface area contributed by atoms with E-state index in [0.717, 1.165) is 0 Å². The molecule has 1 aromatic rings. The van der Waals surface area contributed by atoms with Gasteiger partial charge in [-0.1, -0.05) is 13.0 Å². The molecule has 1 rings (SSSR count). The molecule has 1 aromatic carbocycles. The summed E-state index contributed by atoms with van der Waals surface area (Å²) in [5.41, 5.74) is 0.929. The molecule has 0 aliphatic rings. The first-order chi connectivity index (χ1) is 9.03. The molecule has 0 amide bonds. The van der Waals surface area contributed by atoms with Crippen molar-refractivity contribution in [2.75, 3.05) is 14.2 Å². The minimum absolute atomic E-state index is 0.117. The molecule has 0 aliphatic carbocycles. The number of esters is 1. The van der Waals surface area contributed by atoms with Crippen LogP contribution in [0.4, 0.5) is 0 Å². The van der Waals surface area contributed by atoms with Crippen LogP contribution in [0.15, 0.2) is 18.2 Å². The summed E-state index contributed by atoms with van der Waals surface area (Å²) in [4.78, 5) is 11.2. The highest BCUT2D eigenvalue weighted by molar-refractivity contribution is 5.69. The minimum Gasteiger partial charge on any atom is -0.495 e. The van der Waals surface area contributed by atoms with Crippen LogP contribution < -0.4 is 4.74 Å². The lowest BCUT2D eigenvalue weighted by molar-refractivity contribution is -0.142. The molecule has 19 heavy (non-hydrogen) atoms. The second-order valence-electron chi connectivity index (χ2n) is 4.27. The number of aliphatic hydroxyl groups excluding tert-OH is 1. The van der Waals surface area contributed by atoms with E-state index in [0.29, 0.717) is 16.9 Å². The van der Waals surface area contributed by atoms with E-state index in [1.807, 2.05) is 6.07 Å². The lowest BCUT2D eigenvalue weighted by Gasteiger charge is -2.18. The number of nitrogens with zero attached hydrogens (tertiary/aromatic N) is 1. The van der Waals surface area contributed by atoms with E-state index in [9.17, 15) is 9.90 Å². The summed E-state index contributed by atoms with van der Waals surface area (Å²) in [6, 6.07) is 6.88. The van der Waals surface area contributed by atoms with Crippen molar-refractivity contribution in [3.63, 3.8) is 0 Å². The zero-order chi connectivity index (χ0) is 14.4. The zero-order valence-electron chi connectivity index (χ0n) is 11.2. The van der Waals surface area contributed by atoms with E-state index in [-0.39, 0.29) is 18.3 Å². The van der Waals surface area contributed by atoms with Gasteiger partial charge in [-0.15, -0.1) is 0 Å². The van der Waals surface area contributed by atoms with Gasteiger partial charge in [0.2, 0.25) is 0 Å². The molecule has 0 saturated heterocycles. The van der Waals surface area contributed by atoms with E-state index < -0.39 is 6.10 Å². The molecule has 5 heteroatoms. The van der Waals surface area contributed by atoms with E-state index in [1.54, 1.807) is 25.1 Å². The first-order valence-electron chi connectivity index (χ1n) is 5.86. The van der Waals surface area contributed by atoms with Gasteiger partial charge in [-0.2, -0.15) is 5.26 Å². The third-order valence-corrected chi connectivity index (χ3v) is 2.94.